The van der Waals surface area contributed by atoms with E-state index in [2.05, 4.69) is 64.4 Å². The molecular formula is C32H30N2O2. The fourth-order valence-corrected chi connectivity index (χ4v) is 4.75. The molecule has 1 aliphatic heterocycles. The van der Waals surface area contributed by atoms with Crippen molar-refractivity contribution in [3.8, 4) is 0 Å². The first-order chi connectivity index (χ1) is 17.4. The minimum atomic E-state index is -1.04. The molecule has 36 heavy (non-hydrogen) atoms. The summed E-state index contributed by atoms with van der Waals surface area (Å²) in [6.45, 7) is 0. The van der Waals surface area contributed by atoms with Crippen molar-refractivity contribution in [2.75, 3.05) is 38.0 Å². The molecule has 0 N–H and O–H groups in total. The number of carbonyl (C=O) groups is 1. The molecule has 4 nitrogen and oxygen atoms in total. The van der Waals surface area contributed by atoms with E-state index in [0.717, 1.165) is 39.2 Å². The van der Waals surface area contributed by atoms with E-state index < -0.39 is 5.60 Å². The predicted molar refractivity (Wildman–Crippen MR) is 148 cm³/mol. The third kappa shape index (κ3) is 4.16. The third-order valence-electron chi connectivity index (χ3n) is 6.74. The number of fused-ring (bicyclic) bond motifs is 1. The molecule has 1 unspecified atom stereocenters. The molecule has 4 heteroatoms. The van der Waals surface area contributed by atoms with E-state index in [1.807, 2.05) is 82.8 Å². The Morgan fingerprint density at radius 3 is 1.69 bits per heavy atom. The summed E-state index contributed by atoms with van der Waals surface area (Å²) in [6.07, 6.45) is 2.11. The Balaban J connectivity index is 1.77. The molecule has 180 valence electrons. The number of nitrogens with zero attached hydrogens (tertiary/aromatic N) is 2. The maximum absolute atomic E-state index is 13.1. The summed E-state index contributed by atoms with van der Waals surface area (Å²) >= 11 is 0. The number of hydrogen-bond donors (Lipinski definition) is 0. The quantitative estimate of drug-likeness (QED) is 0.304. The zero-order chi connectivity index (χ0) is 25.3. The second kappa shape index (κ2) is 9.38. The molecule has 0 bridgehead atoms. The van der Waals surface area contributed by atoms with E-state index in [4.69, 9.17) is 4.74 Å². The highest BCUT2D eigenvalue weighted by atomic mass is 16.6. The maximum Gasteiger partial charge on any atom is 0.340 e. The molecule has 0 aromatic heterocycles. The van der Waals surface area contributed by atoms with Gasteiger partial charge >= 0.3 is 5.97 Å². The lowest BCUT2D eigenvalue weighted by Gasteiger charge is -2.28. The van der Waals surface area contributed by atoms with Gasteiger partial charge in [-0.25, -0.2) is 4.79 Å². The van der Waals surface area contributed by atoms with Gasteiger partial charge in [-0.1, -0.05) is 72.8 Å². The van der Waals surface area contributed by atoms with Crippen molar-refractivity contribution in [2.45, 2.75) is 5.60 Å². The van der Waals surface area contributed by atoms with Crippen LogP contribution in [0.4, 0.5) is 11.4 Å². The summed E-state index contributed by atoms with van der Waals surface area (Å²) in [5.74, 6) is -0.309. The lowest BCUT2D eigenvalue weighted by atomic mass is 9.82. The Labute approximate surface area is 213 Å². The van der Waals surface area contributed by atoms with E-state index in [-0.39, 0.29) is 5.97 Å². The van der Waals surface area contributed by atoms with Gasteiger partial charge in [0, 0.05) is 50.7 Å². The molecule has 0 spiro atoms. The average Bonchev–Trinajstić information content (AvgIpc) is 3.20. The molecule has 0 saturated carbocycles. The first-order valence-corrected chi connectivity index (χ1v) is 12.1. The second-order valence-corrected chi connectivity index (χ2v) is 9.48. The Morgan fingerprint density at radius 1 is 0.667 bits per heavy atom. The number of esters is 1. The van der Waals surface area contributed by atoms with Gasteiger partial charge in [-0.2, -0.15) is 0 Å². The largest absolute Gasteiger partial charge is 0.441 e. The molecule has 0 amide bonds. The van der Waals surface area contributed by atoms with Crippen molar-refractivity contribution in [1.29, 1.82) is 0 Å². The number of ether oxygens (including phenoxy) is 1. The van der Waals surface area contributed by atoms with Crippen LogP contribution in [0, 0.1) is 0 Å². The first-order valence-electron chi connectivity index (χ1n) is 12.1. The fourth-order valence-electron chi connectivity index (χ4n) is 4.75. The normalized spacial score (nSPS) is 16.2. The standard InChI is InChI=1S/C32H30N2O2/c1-33(2)26-18-14-23(15-19-26)29(24-16-20-27(21-17-24)34(3)4)22-32(25-10-6-5-7-11-25)30-13-9-8-12-28(30)31(35)36-32/h5-22H,1-4H3. The molecule has 0 saturated heterocycles. The van der Waals surface area contributed by atoms with Gasteiger partial charge in [-0.15, -0.1) is 0 Å². The van der Waals surface area contributed by atoms with E-state index >= 15 is 0 Å². The van der Waals surface area contributed by atoms with E-state index in [9.17, 15) is 4.79 Å². The number of cyclic esters (lactones) is 1. The van der Waals surface area contributed by atoms with Crippen LogP contribution in [0.25, 0.3) is 5.57 Å². The maximum atomic E-state index is 13.1. The van der Waals surface area contributed by atoms with Crippen LogP contribution in [0.1, 0.15) is 32.6 Å². The number of carbonyl (C=O) groups excluding carboxylic acids is 1. The highest BCUT2D eigenvalue weighted by molar-refractivity contribution is 5.97. The van der Waals surface area contributed by atoms with Gasteiger partial charge in [-0.3, -0.25) is 0 Å². The third-order valence-corrected chi connectivity index (χ3v) is 6.74. The van der Waals surface area contributed by atoms with Gasteiger partial charge in [0.1, 0.15) is 0 Å². The molecule has 1 atom stereocenters. The van der Waals surface area contributed by atoms with Crippen molar-refractivity contribution >= 4 is 22.9 Å². The summed E-state index contributed by atoms with van der Waals surface area (Å²) in [5.41, 5.74) is 6.67. The molecule has 4 aromatic rings. The summed E-state index contributed by atoms with van der Waals surface area (Å²) in [5, 5.41) is 0. The highest BCUT2D eigenvalue weighted by Gasteiger charge is 2.45. The second-order valence-electron chi connectivity index (χ2n) is 9.48. The van der Waals surface area contributed by atoms with Gasteiger partial charge in [0.15, 0.2) is 5.60 Å². The van der Waals surface area contributed by atoms with E-state index in [1.54, 1.807) is 0 Å². The van der Waals surface area contributed by atoms with Gasteiger partial charge < -0.3 is 14.5 Å². The van der Waals surface area contributed by atoms with Crippen LogP contribution in [-0.4, -0.2) is 34.2 Å². The SMILES string of the molecule is CN(C)c1ccc(C(=CC2(c3ccccc3)OC(=O)c3ccccc32)c2ccc(N(C)C)cc2)cc1. The molecule has 0 fully saturated rings. The van der Waals surface area contributed by atoms with Crippen LogP contribution in [-0.2, 0) is 10.3 Å². The summed E-state index contributed by atoms with van der Waals surface area (Å²) < 4.78 is 6.27. The molecule has 4 aromatic carbocycles. The molecular weight excluding hydrogens is 444 g/mol. The average molecular weight is 475 g/mol. The van der Waals surface area contributed by atoms with Crippen LogP contribution < -0.4 is 9.80 Å². The zero-order valence-electron chi connectivity index (χ0n) is 21.1. The Kier molecular flexibility index (Phi) is 6.11. The highest BCUT2D eigenvalue weighted by Crippen LogP contribution is 2.45. The van der Waals surface area contributed by atoms with Crippen molar-refractivity contribution < 1.29 is 9.53 Å². The van der Waals surface area contributed by atoms with Crippen molar-refractivity contribution in [3.05, 3.63) is 137 Å². The zero-order valence-corrected chi connectivity index (χ0v) is 21.1. The summed E-state index contributed by atoms with van der Waals surface area (Å²) in [6, 6.07) is 34.6. The fraction of sp³-hybridized carbons (Fsp3) is 0.156. The van der Waals surface area contributed by atoms with Gasteiger partial charge in [0.05, 0.1) is 5.56 Å². The number of hydrogen-bond acceptors (Lipinski definition) is 4. The molecule has 5 rings (SSSR count). The lowest BCUT2D eigenvalue weighted by Crippen LogP contribution is -2.26. The van der Waals surface area contributed by atoms with Gasteiger partial charge in [0.25, 0.3) is 0 Å². The van der Waals surface area contributed by atoms with Crippen LogP contribution >= 0.6 is 0 Å². The predicted octanol–water partition coefficient (Wildman–Crippen LogP) is 6.36. The summed E-state index contributed by atoms with van der Waals surface area (Å²) in [4.78, 5) is 17.3. The summed E-state index contributed by atoms with van der Waals surface area (Å²) in [7, 11) is 8.13. The number of rotatable bonds is 6. The topological polar surface area (TPSA) is 32.8 Å². The Morgan fingerprint density at radius 2 is 1.17 bits per heavy atom. The van der Waals surface area contributed by atoms with E-state index in [1.165, 1.54) is 0 Å². The minimum absolute atomic E-state index is 0.309. The molecule has 0 aliphatic carbocycles. The van der Waals surface area contributed by atoms with Crippen LogP contribution in [0.2, 0.25) is 0 Å². The smallest absolute Gasteiger partial charge is 0.340 e. The van der Waals surface area contributed by atoms with Crippen molar-refractivity contribution in [3.63, 3.8) is 0 Å². The van der Waals surface area contributed by atoms with Crippen LogP contribution in [0.5, 0.6) is 0 Å². The van der Waals surface area contributed by atoms with Crippen LogP contribution in [0.3, 0.4) is 0 Å². The van der Waals surface area contributed by atoms with Gasteiger partial charge in [-0.05, 0) is 53.1 Å². The monoisotopic (exact) mass is 474 g/mol. The number of anilines is 2. The lowest BCUT2D eigenvalue weighted by molar-refractivity contribution is 0.0276. The molecule has 1 heterocycles. The Hall–Kier alpha value is -4.31. The van der Waals surface area contributed by atoms with Crippen LogP contribution in [0.15, 0.2) is 109 Å². The first kappa shape index (κ1) is 23.4. The van der Waals surface area contributed by atoms with Crippen molar-refractivity contribution in [2.24, 2.45) is 0 Å². The Bertz CT molecular complexity index is 1350. The van der Waals surface area contributed by atoms with Crippen molar-refractivity contribution in [1.82, 2.24) is 0 Å². The molecule has 1 aliphatic rings. The molecule has 0 radical (unpaired) electrons. The minimum Gasteiger partial charge on any atom is -0.441 e. The number of benzene rings is 4. The van der Waals surface area contributed by atoms with E-state index in [0.29, 0.717) is 5.56 Å². The van der Waals surface area contributed by atoms with Gasteiger partial charge in [0.2, 0.25) is 0 Å².